The average Bonchev–Trinajstić information content (AvgIpc) is 3.76. The van der Waals surface area contributed by atoms with Gasteiger partial charge in [0.2, 0.25) is 0 Å². The number of nitrogens with zero attached hydrogens (tertiary/aromatic N) is 3. The molecule has 0 unspecified atom stereocenters. The number of likely N-dealkylation sites (tertiary alicyclic amines) is 1. The molecule has 206 valence electrons. The second kappa shape index (κ2) is 12.6. The molecule has 0 aromatic carbocycles. The highest BCUT2D eigenvalue weighted by atomic mass is 32.1. The van der Waals surface area contributed by atoms with Crippen LogP contribution < -0.4 is 10.6 Å². The molecule has 1 aliphatic rings. The third-order valence-corrected chi connectivity index (χ3v) is 8.44. The summed E-state index contributed by atoms with van der Waals surface area (Å²) in [5, 5.41) is 10.0. The van der Waals surface area contributed by atoms with Gasteiger partial charge < -0.3 is 9.88 Å². The van der Waals surface area contributed by atoms with Crippen molar-refractivity contribution in [2.24, 2.45) is 0 Å². The second-order valence-electron chi connectivity index (χ2n) is 10.2. The van der Waals surface area contributed by atoms with Crippen molar-refractivity contribution in [3.63, 3.8) is 0 Å². The minimum absolute atomic E-state index is 0.207. The van der Waals surface area contributed by atoms with Gasteiger partial charge in [0.25, 0.3) is 0 Å². The molecule has 5 nitrogen and oxygen atoms in total. The number of pyridine rings is 1. The Kier molecular flexibility index (Phi) is 8.72. The molecule has 0 aliphatic carbocycles. The number of rotatable bonds is 10. The van der Waals surface area contributed by atoms with Gasteiger partial charge in [-0.05, 0) is 106 Å². The normalized spacial score (nSPS) is 16.0. The van der Waals surface area contributed by atoms with E-state index in [2.05, 4.69) is 70.3 Å². The first kappa shape index (κ1) is 27.7. The van der Waals surface area contributed by atoms with Crippen molar-refractivity contribution in [1.82, 2.24) is 25.1 Å². The van der Waals surface area contributed by atoms with Crippen LogP contribution in [0.4, 0.5) is 4.39 Å². The number of H-pyrrole nitrogens is 2. The molecule has 0 spiro atoms. The van der Waals surface area contributed by atoms with Gasteiger partial charge in [-0.15, -0.1) is 11.3 Å². The third kappa shape index (κ3) is 6.16. The predicted octanol–water partition coefficient (Wildman–Crippen LogP) is 6.89. The van der Waals surface area contributed by atoms with E-state index in [1.54, 1.807) is 12.3 Å². The van der Waals surface area contributed by atoms with E-state index in [9.17, 15) is 4.39 Å². The van der Waals surface area contributed by atoms with Gasteiger partial charge in [0.05, 0.1) is 11.0 Å². The van der Waals surface area contributed by atoms with Crippen LogP contribution in [0.5, 0.6) is 0 Å². The Morgan fingerprint density at radius 3 is 2.77 bits per heavy atom. The van der Waals surface area contributed by atoms with Gasteiger partial charge in [0.15, 0.2) is 5.13 Å². The molecule has 4 aromatic heterocycles. The van der Waals surface area contributed by atoms with Crippen LogP contribution in [-0.4, -0.2) is 44.7 Å². The molecule has 2 N–H and O–H groups in total. The van der Waals surface area contributed by atoms with Crippen LogP contribution >= 0.6 is 11.3 Å². The Morgan fingerprint density at radius 1 is 1.23 bits per heavy atom. The fourth-order valence-corrected chi connectivity index (χ4v) is 6.01. The van der Waals surface area contributed by atoms with Gasteiger partial charge in [-0.1, -0.05) is 37.5 Å². The molecule has 5 rings (SSSR count). The lowest BCUT2D eigenvalue weighted by Gasteiger charge is -2.14. The predicted molar refractivity (Wildman–Crippen MR) is 167 cm³/mol. The van der Waals surface area contributed by atoms with Gasteiger partial charge in [0.1, 0.15) is 11.3 Å². The van der Waals surface area contributed by atoms with E-state index in [0.29, 0.717) is 0 Å². The lowest BCUT2D eigenvalue weighted by molar-refractivity contribution is 0.334. The summed E-state index contributed by atoms with van der Waals surface area (Å²) in [6.07, 6.45) is 17.1. The summed E-state index contributed by atoms with van der Waals surface area (Å²) in [4.78, 5) is 11.3. The molecule has 1 saturated heterocycles. The molecule has 5 heterocycles. The highest BCUT2D eigenvalue weighted by molar-refractivity contribution is 7.14. The topological polar surface area (TPSA) is 60.6 Å². The van der Waals surface area contributed by atoms with E-state index in [-0.39, 0.29) is 5.13 Å². The maximum absolute atomic E-state index is 13.7. The number of hydrogen-bond acceptors (Lipinski definition) is 4. The fraction of sp³-hybridized carbons (Fsp3) is 0.273. The van der Waals surface area contributed by atoms with Crippen LogP contribution in [0.1, 0.15) is 39.5 Å². The molecular formula is C33H36FN5S. The van der Waals surface area contributed by atoms with Crippen molar-refractivity contribution in [3.8, 4) is 21.8 Å². The standard InChI is InChI=1S/C33H36FN5S/c1-5-24(10-9-19-39-17-7-8-18-39)20-25(6-2)22(3)11-12-28-23(4)32(38-37-28)29-21-27-26(15-16-35-33(27)36-29)30-13-14-31(34)40-30/h5-6,11-16,20-21,37H,1,4,7-10,17-19H2,2-3H3,(H,35,36)/b22-11+,24-20+,25-6+,28-12+. The minimum Gasteiger partial charge on any atom is -0.338 e. The number of hydrogen-bond donors (Lipinski definition) is 2. The highest BCUT2D eigenvalue weighted by Gasteiger charge is 2.14. The number of aromatic amines is 2. The molecule has 1 aliphatic heterocycles. The van der Waals surface area contributed by atoms with Crippen LogP contribution in [-0.2, 0) is 0 Å². The Hall–Kier alpha value is -3.81. The lowest BCUT2D eigenvalue weighted by atomic mass is 10.0. The molecule has 0 atom stereocenters. The summed E-state index contributed by atoms with van der Waals surface area (Å²) < 4.78 is 13.7. The van der Waals surface area contributed by atoms with Gasteiger partial charge in [-0.2, -0.15) is 9.49 Å². The van der Waals surface area contributed by atoms with Crippen molar-refractivity contribution in [2.75, 3.05) is 19.6 Å². The van der Waals surface area contributed by atoms with Crippen LogP contribution in [0.3, 0.4) is 0 Å². The molecule has 0 radical (unpaired) electrons. The van der Waals surface area contributed by atoms with Gasteiger partial charge >= 0.3 is 0 Å². The third-order valence-electron chi connectivity index (χ3n) is 7.53. The second-order valence-corrected chi connectivity index (χ2v) is 11.2. The van der Waals surface area contributed by atoms with Crippen molar-refractivity contribution in [1.29, 1.82) is 0 Å². The minimum atomic E-state index is -0.207. The number of thiophene rings is 1. The van der Waals surface area contributed by atoms with Crippen LogP contribution in [0.25, 0.3) is 45.5 Å². The number of halogens is 1. The van der Waals surface area contributed by atoms with Gasteiger partial charge in [0, 0.05) is 27.2 Å². The van der Waals surface area contributed by atoms with Crippen LogP contribution in [0.2, 0.25) is 0 Å². The highest BCUT2D eigenvalue weighted by Crippen LogP contribution is 2.33. The van der Waals surface area contributed by atoms with Crippen LogP contribution in [0, 0.1) is 5.13 Å². The van der Waals surface area contributed by atoms with E-state index in [1.165, 1.54) is 43.1 Å². The zero-order valence-electron chi connectivity index (χ0n) is 23.3. The smallest absolute Gasteiger partial charge is 0.176 e. The van der Waals surface area contributed by atoms with Gasteiger partial charge in [-0.3, -0.25) is 5.10 Å². The van der Waals surface area contributed by atoms with E-state index < -0.39 is 0 Å². The Bertz CT molecular complexity index is 1710. The monoisotopic (exact) mass is 553 g/mol. The summed E-state index contributed by atoms with van der Waals surface area (Å²) in [6.45, 7) is 16.2. The van der Waals surface area contributed by atoms with E-state index in [1.807, 2.05) is 24.3 Å². The number of aromatic nitrogens is 4. The Labute approximate surface area is 238 Å². The SMILES string of the molecule is C=C\C(=C/C(=C\C)C(/C)=C/C=c1/[nH]nc(-c2cc3c(-c4ccc(F)s4)ccnc3[nH]2)c1=C)CCCN1CCCC1. The average molecular weight is 554 g/mol. The summed E-state index contributed by atoms with van der Waals surface area (Å²) in [5.74, 6) is 0. The molecular weight excluding hydrogens is 517 g/mol. The van der Waals surface area contributed by atoms with Crippen molar-refractivity contribution >= 4 is 35.0 Å². The Balaban J connectivity index is 1.35. The zero-order chi connectivity index (χ0) is 28.1. The molecule has 0 bridgehead atoms. The van der Waals surface area contributed by atoms with E-state index in [0.717, 1.165) is 79.7 Å². The van der Waals surface area contributed by atoms with Gasteiger partial charge in [-0.25, -0.2) is 4.98 Å². The maximum atomic E-state index is 13.7. The zero-order valence-corrected chi connectivity index (χ0v) is 24.1. The Morgan fingerprint density at radius 2 is 2.05 bits per heavy atom. The molecule has 0 saturated carbocycles. The number of nitrogens with one attached hydrogen (secondary N) is 2. The summed E-state index contributed by atoms with van der Waals surface area (Å²) in [7, 11) is 0. The summed E-state index contributed by atoms with van der Waals surface area (Å²) >= 11 is 1.13. The van der Waals surface area contributed by atoms with E-state index in [4.69, 9.17) is 0 Å². The summed E-state index contributed by atoms with van der Waals surface area (Å²) in [5.41, 5.74) is 6.81. The summed E-state index contributed by atoms with van der Waals surface area (Å²) in [6, 6.07) is 7.20. The van der Waals surface area contributed by atoms with Crippen LogP contribution in [0.15, 0.2) is 78.1 Å². The quantitative estimate of drug-likeness (QED) is 0.210. The molecule has 4 aromatic rings. The maximum Gasteiger partial charge on any atom is 0.176 e. The fourth-order valence-electron chi connectivity index (χ4n) is 5.24. The lowest BCUT2D eigenvalue weighted by Crippen LogP contribution is -2.21. The molecule has 1 fully saturated rings. The first-order valence-corrected chi connectivity index (χ1v) is 14.7. The number of fused-ring (bicyclic) bond motifs is 1. The van der Waals surface area contributed by atoms with Crippen molar-refractivity contribution < 1.29 is 4.39 Å². The molecule has 0 amide bonds. The largest absolute Gasteiger partial charge is 0.338 e. The van der Waals surface area contributed by atoms with Crippen molar-refractivity contribution in [3.05, 3.63) is 93.8 Å². The first-order chi connectivity index (χ1) is 19.5. The molecule has 7 heteroatoms. The van der Waals surface area contributed by atoms with Crippen molar-refractivity contribution in [2.45, 2.75) is 39.5 Å². The van der Waals surface area contributed by atoms with E-state index >= 15 is 0 Å². The molecule has 40 heavy (non-hydrogen) atoms. The number of allylic oxidation sites excluding steroid dienone is 7. The first-order valence-electron chi connectivity index (χ1n) is 13.8.